The van der Waals surface area contributed by atoms with Crippen LogP contribution < -0.4 is 5.32 Å². The van der Waals surface area contributed by atoms with Gasteiger partial charge in [0.15, 0.2) is 0 Å². The van der Waals surface area contributed by atoms with E-state index in [0.717, 1.165) is 49.6 Å². The van der Waals surface area contributed by atoms with E-state index in [0.29, 0.717) is 13.0 Å². The molecule has 0 amide bonds. The minimum Gasteiger partial charge on any atom is -0.387 e. The van der Waals surface area contributed by atoms with Crippen LogP contribution in [0.4, 0.5) is 30.7 Å². The fourth-order valence-corrected chi connectivity index (χ4v) is 2.92. The highest BCUT2D eigenvalue weighted by Crippen LogP contribution is 2.34. The summed E-state index contributed by atoms with van der Waals surface area (Å²) in [4.78, 5) is 3.52. The van der Waals surface area contributed by atoms with E-state index >= 15 is 0 Å². The Labute approximate surface area is 175 Å². The van der Waals surface area contributed by atoms with Crippen molar-refractivity contribution in [2.75, 3.05) is 19.8 Å². The van der Waals surface area contributed by atoms with Gasteiger partial charge in [0.2, 0.25) is 0 Å². The number of aliphatic hydroxyl groups excluding tert-OH is 1. The highest BCUT2D eigenvalue weighted by Gasteiger charge is 2.34. The molecule has 0 aliphatic heterocycles. The number of hydrogen-bond acceptors (Lipinski definition) is 3. The number of rotatable bonds is 10. The van der Waals surface area contributed by atoms with E-state index in [2.05, 4.69) is 10.3 Å². The number of aromatic nitrogens is 1. The summed E-state index contributed by atoms with van der Waals surface area (Å²) in [7, 11) is 0. The summed E-state index contributed by atoms with van der Waals surface area (Å²) in [5.41, 5.74) is -2.36. The lowest BCUT2D eigenvalue weighted by molar-refractivity contribution is -0.141. The lowest BCUT2D eigenvalue weighted by atomic mass is 10.0. The SMILES string of the molecule is OC(CNCCCCCCF)c1cc(-c2ccc(C(F)(F)F)cc2)nc(C(F)(F)F)c1. The van der Waals surface area contributed by atoms with Gasteiger partial charge in [0, 0.05) is 12.1 Å². The Kier molecular flexibility index (Phi) is 8.81. The van der Waals surface area contributed by atoms with E-state index < -0.39 is 29.7 Å². The molecule has 1 aromatic heterocycles. The number of aliphatic hydroxyl groups is 1. The second kappa shape index (κ2) is 10.9. The van der Waals surface area contributed by atoms with Crippen LogP contribution in [0.5, 0.6) is 0 Å². The van der Waals surface area contributed by atoms with Gasteiger partial charge in [-0.25, -0.2) is 4.98 Å². The third-order valence-corrected chi connectivity index (χ3v) is 4.61. The number of hydrogen-bond donors (Lipinski definition) is 2. The predicted molar refractivity (Wildman–Crippen MR) is 102 cm³/mol. The van der Waals surface area contributed by atoms with Crippen molar-refractivity contribution in [2.24, 2.45) is 0 Å². The monoisotopic (exact) mass is 452 g/mol. The van der Waals surface area contributed by atoms with Crippen molar-refractivity contribution in [1.82, 2.24) is 10.3 Å². The van der Waals surface area contributed by atoms with Gasteiger partial charge in [-0.15, -0.1) is 0 Å². The van der Waals surface area contributed by atoms with Gasteiger partial charge < -0.3 is 10.4 Å². The third-order valence-electron chi connectivity index (χ3n) is 4.61. The molecular weight excluding hydrogens is 429 g/mol. The zero-order valence-electron chi connectivity index (χ0n) is 16.5. The molecule has 2 N–H and O–H groups in total. The van der Waals surface area contributed by atoms with E-state index in [1.54, 1.807) is 0 Å². The highest BCUT2D eigenvalue weighted by molar-refractivity contribution is 5.61. The highest BCUT2D eigenvalue weighted by atomic mass is 19.4. The molecule has 3 nitrogen and oxygen atoms in total. The summed E-state index contributed by atoms with van der Waals surface area (Å²) in [6.45, 7) is 0.111. The lowest BCUT2D eigenvalue weighted by Gasteiger charge is -2.16. The first-order valence-corrected chi connectivity index (χ1v) is 9.74. The molecule has 0 spiro atoms. The predicted octanol–water partition coefficient (Wildman–Crippen LogP) is 5.94. The second-order valence-corrected chi connectivity index (χ2v) is 7.07. The van der Waals surface area contributed by atoms with Crippen molar-refractivity contribution in [2.45, 2.75) is 44.1 Å². The van der Waals surface area contributed by atoms with E-state index in [9.17, 15) is 35.8 Å². The van der Waals surface area contributed by atoms with Crippen LogP contribution in [0.2, 0.25) is 0 Å². The van der Waals surface area contributed by atoms with Gasteiger partial charge in [0.25, 0.3) is 0 Å². The Morgan fingerprint density at radius 2 is 1.52 bits per heavy atom. The van der Waals surface area contributed by atoms with Gasteiger partial charge >= 0.3 is 12.4 Å². The Balaban J connectivity index is 2.16. The number of unbranched alkanes of at least 4 members (excludes halogenated alkanes) is 3. The van der Waals surface area contributed by atoms with Crippen LogP contribution in [0, 0.1) is 0 Å². The van der Waals surface area contributed by atoms with Gasteiger partial charge in [-0.1, -0.05) is 25.0 Å². The van der Waals surface area contributed by atoms with Crippen LogP contribution in [0.15, 0.2) is 36.4 Å². The zero-order valence-corrected chi connectivity index (χ0v) is 16.5. The standard InChI is InChI=1S/C21H23F7N2O/c22-9-3-1-2-4-10-29-13-18(31)15-11-17(30-19(12-15)21(26,27)28)14-5-7-16(8-6-14)20(23,24)25/h5-8,11-12,18,29,31H,1-4,9-10,13H2. The Morgan fingerprint density at radius 1 is 0.871 bits per heavy atom. The average molecular weight is 452 g/mol. The minimum absolute atomic E-state index is 0.0170. The molecule has 1 aromatic carbocycles. The normalized spacial score (nSPS) is 13.4. The molecule has 0 radical (unpaired) electrons. The van der Waals surface area contributed by atoms with E-state index in [4.69, 9.17) is 0 Å². The molecule has 31 heavy (non-hydrogen) atoms. The van der Waals surface area contributed by atoms with Crippen molar-refractivity contribution in [3.63, 3.8) is 0 Å². The van der Waals surface area contributed by atoms with E-state index in [1.807, 2.05) is 0 Å². The fraction of sp³-hybridized carbons (Fsp3) is 0.476. The van der Waals surface area contributed by atoms with Gasteiger partial charge in [-0.2, -0.15) is 26.3 Å². The number of benzene rings is 1. The lowest BCUT2D eigenvalue weighted by Crippen LogP contribution is -2.23. The number of pyridine rings is 1. The minimum atomic E-state index is -4.79. The summed E-state index contributed by atoms with van der Waals surface area (Å²) >= 11 is 0. The van der Waals surface area contributed by atoms with E-state index in [1.165, 1.54) is 6.07 Å². The third kappa shape index (κ3) is 7.77. The summed E-state index contributed by atoms with van der Waals surface area (Å²) in [5, 5.41) is 13.2. The smallest absolute Gasteiger partial charge is 0.387 e. The fourth-order valence-electron chi connectivity index (χ4n) is 2.92. The molecule has 0 saturated carbocycles. The number of nitrogens with zero attached hydrogens (tertiary/aromatic N) is 1. The second-order valence-electron chi connectivity index (χ2n) is 7.07. The van der Waals surface area contributed by atoms with Crippen molar-refractivity contribution in [3.05, 3.63) is 53.2 Å². The average Bonchev–Trinajstić information content (AvgIpc) is 2.71. The Hall–Kier alpha value is -2.20. The number of nitrogens with one attached hydrogen (secondary N) is 1. The molecule has 1 atom stereocenters. The van der Waals surface area contributed by atoms with Crippen molar-refractivity contribution >= 4 is 0 Å². The van der Waals surface area contributed by atoms with Crippen molar-refractivity contribution in [3.8, 4) is 11.3 Å². The van der Waals surface area contributed by atoms with Crippen LogP contribution in [-0.4, -0.2) is 29.9 Å². The maximum atomic E-state index is 13.3. The number of halogens is 7. The molecule has 0 bridgehead atoms. The quantitative estimate of drug-likeness (QED) is 0.347. The van der Waals surface area contributed by atoms with Crippen LogP contribution in [-0.2, 0) is 12.4 Å². The largest absolute Gasteiger partial charge is 0.433 e. The molecule has 0 saturated heterocycles. The maximum absolute atomic E-state index is 13.3. The van der Waals surface area contributed by atoms with Crippen molar-refractivity contribution < 1.29 is 35.8 Å². The molecule has 0 fully saturated rings. The van der Waals surface area contributed by atoms with Crippen LogP contribution in [0.25, 0.3) is 11.3 Å². The van der Waals surface area contributed by atoms with Crippen LogP contribution >= 0.6 is 0 Å². The maximum Gasteiger partial charge on any atom is 0.433 e. The molecule has 2 rings (SSSR count). The first kappa shape index (κ1) is 25.1. The van der Waals surface area contributed by atoms with Crippen LogP contribution in [0.1, 0.15) is 48.6 Å². The van der Waals surface area contributed by atoms with E-state index in [-0.39, 0.29) is 30.0 Å². The molecule has 172 valence electrons. The summed E-state index contributed by atoms with van der Waals surface area (Å²) in [6.07, 6.45) is -7.91. The van der Waals surface area contributed by atoms with Crippen LogP contribution in [0.3, 0.4) is 0 Å². The van der Waals surface area contributed by atoms with Gasteiger partial charge in [0.1, 0.15) is 5.69 Å². The molecule has 10 heteroatoms. The molecular formula is C21H23F7N2O. The molecule has 1 heterocycles. The molecule has 1 unspecified atom stereocenters. The first-order valence-electron chi connectivity index (χ1n) is 9.74. The van der Waals surface area contributed by atoms with Gasteiger partial charge in [-0.05, 0) is 49.2 Å². The van der Waals surface area contributed by atoms with Gasteiger partial charge in [-0.3, -0.25) is 4.39 Å². The molecule has 2 aromatic rings. The Bertz CT molecular complexity index is 820. The number of alkyl halides is 7. The molecule has 0 aliphatic carbocycles. The van der Waals surface area contributed by atoms with Crippen molar-refractivity contribution in [1.29, 1.82) is 0 Å². The first-order chi connectivity index (χ1) is 14.5. The Morgan fingerprint density at radius 3 is 2.10 bits per heavy atom. The van der Waals surface area contributed by atoms with Gasteiger partial charge in [0.05, 0.1) is 24.0 Å². The zero-order chi connectivity index (χ0) is 23.1. The summed E-state index contributed by atoms with van der Waals surface area (Å²) < 4.78 is 90.0. The molecule has 0 aliphatic rings. The summed E-state index contributed by atoms with van der Waals surface area (Å²) in [6, 6.07) is 5.55. The summed E-state index contributed by atoms with van der Waals surface area (Å²) in [5.74, 6) is 0. The topological polar surface area (TPSA) is 45.1 Å².